The van der Waals surface area contributed by atoms with Gasteiger partial charge in [-0.15, -0.1) is 11.3 Å². The Kier molecular flexibility index (Phi) is 4.53. The van der Waals surface area contributed by atoms with Gasteiger partial charge in [-0.05, 0) is 37.8 Å². The molecule has 1 aromatic carbocycles. The Hall–Kier alpha value is -2.21. The monoisotopic (exact) mass is 355 g/mol. The van der Waals surface area contributed by atoms with Crippen LogP contribution in [0.15, 0.2) is 35.7 Å². The third kappa shape index (κ3) is 3.74. The van der Waals surface area contributed by atoms with Crippen molar-refractivity contribution in [1.29, 1.82) is 0 Å². The SMILES string of the molecule is O=C(Nc1nc(C2CC2)cs1)C1CCCN(C(=O)c2ccccc2)C1. The molecule has 6 heteroatoms. The van der Waals surface area contributed by atoms with Gasteiger partial charge in [-0.1, -0.05) is 18.2 Å². The molecule has 1 aliphatic carbocycles. The molecule has 4 rings (SSSR count). The molecule has 130 valence electrons. The van der Waals surface area contributed by atoms with Crippen LogP contribution in [0.1, 0.15) is 47.7 Å². The van der Waals surface area contributed by atoms with Gasteiger partial charge in [-0.25, -0.2) is 4.98 Å². The highest BCUT2D eigenvalue weighted by molar-refractivity contribution is 7.13. The number of piperidine rings is 1. The van der Waals surface area contributed by atoms with Gasteiger partial charge in [0.2, 0.25) is 5.91 Å². The summed E-state index contributed by atoms with van der Waals surface area (Å²) >= 11 is 1.49. The van der Waals surface area contributed by atoms with Crippen molar-refractivity contribution >= 4 is 28.3 Å². The Morgan fingerprint density at radius 2 is 1.96 bits per heavy atom. The van der Waals surface area contributed by atoms with Crippen LogP contribution >= 0.6 is 11.3 Å². The third-order valence-corrected chi connectivity index (χ3v) is 5.62. The van der Waals surface area contributed by atoms with Gasteiger partial charge < -0.3 is 10.2 Å². The van der Waals surface area contributed by atoms with E-state index in [1.54, 1.807) is 4.90 Å². The van der Waals surface area contributed by atoms with Gasteiger partial charge in [0.25, 0.3) is 5.91 Å². The van der Waals surface area contributed by atoms with E-state index in [1.165, 1.54) is 24.2 Å². The minimum atomic E-state index is -0.172. The Balaban J connectivity index is 1.38. The van der Waals surface area contributed by atoms with Crippen LogP contribution < -0.4 is 5.32 Å². The molecule has 1 atom stereocenters. The second kappa shape index (κ2) is 6.96. The van der Waals surface area contributed by atoms with Crippen LogP contribution in [0.4, 0.5) is 5.13 Å². The molecule has 1 unspecified atom stereocenters. The first-order chi connectivity index (χ1) is 12.2. The normalized spacial score (nSPS) is 20.3. The van der Waals surface area contributed by atoms with Gasteiger partial charge in [-0.2, -0.15) is 0 Å². The van der Waals surface area contributed by atoms with Crippen LogP contribution in [0.25, 0.3) is 0 Å². The molecule has 1 saturated heterocycles. The average molecular weight is 355 g/mol. The van der Waals surface area contributed by atoms with Crippen molar-refractivity contribution in [2.75, 3.05) is 18.4 Å². The first-order valence-corrected chi connectivity index (χ1v) is 9.69. The predicted octanol–water partition coefficient (Wildman–Crippen LogP) is 3.51. The molecule has 0 spiro atoms. The zero-order chi connectivity index (χ0) is 17.2. The van der Waals surface area contributed by atoms with Gasteiger partial charge in [0, 0.05) is 30.0 Å². The number of carbonyl (C=O) groups excluding carboxylic acids is 2. The van der Waals surface area contributed by atoms with Crippen molar-refractivity contribution in [3.8, 4) is 0 Å². The molecule has 1 N–H and O–H groups in total. The molecule has 1 saturated carbocycles. The first kappa shape index (κ1) is 16.3. The van der Waals surface area contributed by atoms with Crippen LogP contribution in [0, 0.1) is 5.92 Å². The standard InChI is InChI=1S/C19H21N3O2S/c23-17(21-19-20-16(12-25-19)13-8-9-13)15-7-4-10-22(11-15)18(24)14-5-2-1-3-6-14/h1-3,5-6,12-13,15H,4,7-11H2,(H,20,21,23). The van der Waals surface area contributed by atoms with Gasteiger partial charge in [0.1, 0.15) is 0 Å². The Labute approximate surface area is 151 Å². The van der Waals surface area contributed by atoms with E-state index in [1.807, 2.05) is 35.7 Å². The fourth-order valence-electron chi connectivity index (χ4n) is 3.26. The second-order valence-corrected chi connectivity index (χ2v) is 7.66. The van der Waals surface area contributed by atoms with Gasteiger partial charge in [0.15, 0.2) is 5.13 Å². The van der Waals surface area contributed by atoms with E-state index < -0.39 is 0 Å². The minimum absolute atomic E-state index is 0.00312. The minimum Gasteiger partial charge on any atom is -0.338 e. The van der Waals surface area contributed by atoms with E-state index in [0.29, 0.717) is 29.7 Å². The van der Waals surface area contributed by atoms with Gasteiger partial charge >= 0.3 is 0 Å². The maximum atomic E-state index is 12.6. The first-order valence-electron chi connectivity index (χ1n) is 8.81. The van der Waals surface area contributed by atoms with Crippen molar-refractivity contribution in [2.24, 2.45) is 5.92 Å². The molecule has 2 heterocycles. The van der Waals surface area contributed by atoms with Crippen LogP contribution in [0.2, 0.25) is 0 Å². The lowest BCUT2D eigenvalue weighted by Gasteiger charge is -2.32. The summed E-state index contributed by atoms with van der Waals surface area (Å²) in [5.74, 6) is 0.399. The summed E-state index contributed by atoms with van der Waals surface area (Å²) in [4.78, 5) is 31.5. The number of nitrogens with one attached hydrogen (secondary N) is 1. The summed E-state index contributed by atoms with van der Waals surface area (Å²) < 4.78 is 0. The van der Waals surface area contributed by atoms with E-state index >= 15 is 0 Å². The number of amides is 2. The fraction of sp³-hybridized carbons (Fsp3) is 0.421. The Bertz CT molecular complexity index is 770. The molecular weight excluding hydrogens is 334 g/mol. The molecular formula is C19H21N3O2S. The lowest BCUT2D eigenvalue weighted by atomic mass is 9.96. The largest absolute Gasteiger partial charge is 0.338 e. The molecule has 2 fully saturated rings. The van der Waals surface area contributed by atoms with E-state index in [2.05, 4.69) is 10.3 Å². The van der Waals surface area contributed by atoms with E-state index in [0.717, 1.165) is 18.5 Å². The maximum absolute atomic E-state index is 12.6. The number of thiazole rings is 1. The number of nitrogens with zero attached hydrogens (tertiary/aromatic N) is 2. The third-order valence-electron chi connectivity index (χ3n) is 4.85. The topological polar surface area (TPSA) is 62.3 Å². The van der Waals surface area contributed by atoms with Crippen molar-refractivity contribution in [3.63, 3.8) is 0 Å². The highest BCUT2D eigenvalue weighted by Gasteiger charge is 2.30. The van der Waals surface area contributed by atoms with Crippen LogP contribution in [-0.4, -0.2) is 34.8 Å². The number of rotatable bonds is 4. The van der Waals surface area contributed by atoms with E-state index in [-0.39, 0.29) is 17.7 Å². The summed E-state index contributed by atoms with van der Waals surface area (Å²) in [5.41, 5.74) is 1.78. The molecule has 0 bridgehead atoms. The van der Waals surface area contributed by atoms with Gasteiger partial charge in [-0.3, -0.25) is 9.59 Å². The predicted molar refractivity (Wildman–Crippen MR) is 97.8 cm³/mol. The number of aromatic nitrogens is 1. The molecule has 2 aliphatic rings. The molecule has 0 radical (unpaired) electrons. The lowest BCUT2D eigenvalue weighted by molar-refractivity contribution is -0.121. The quantitative estimate of drug-likeness (QED) is 0.913. The molecule has 5 nitrogen and oxygen atoms in total. The zero-order valence-corrected chi connectivity index (χ0v) is 14.8. The molecule has 1 aromatic heterocycles. The summed E-state index contributed by atoms with van der Waals surface area (Å²) in [5, 5.41) is 5.66. The van der Waals surface area contributed by atoms with Crippen molar-refractivity contribution in [3.05, 3.63) is 47.0 Å². The maximum Gasteiger partial charge on any atom is 0.253 e. The number of benzene rings is 1. The number of likely N-dealkylation sites (tertiary alicyclic amines) is 1. The van der Waals surface area contributed by atoms with Crippen molar-refractivity contribution < 1.29 is 9.59 Å². The highest BCUT2D eigenvalue weighted by atomic mass is 32.1. The molecule has 1 aliphatic heterocycles. The Morgan fingerprint density at radius 1 is 1.16 bits per heavy atom. The van der Waals surface area contributed by atoms with Crippen LogP contribution in [-0.2, 0) is 4.79 Å². The second-order valence-electron chi connectivity index (χ2n) is 6.80. The highest BCUT2D eigenvalue weighted by Crippen LogP contribution is 2.40. The number of hydrogen-bond donors (Lipinski definition) is 1. The molecule has 25 heavy (non-hydrogen) atoms. The summed E-state index contributed by atoms with van der Waals surface area (Å²) in [7, 11) is 0. The van der Waals surface area contributed by atoms with Crippen molar-refractivity contribution in [2.45, 2.75) is 31.6 Å². The smallest absolute Gasteiger partial charge is 0.253 e. The molecule has 2 aromatic rings. The zero-order valence-electron chi connectivity index (χ0n) is 14.0. The summed E-state index contributed by atoms with van der Waals surface area (Å²) in [6.07, 6.45) is 4.07. The summed E-state index contributed by atoms with van der Waals surface area (Å²) in [6, 6.07) is 9.26. The Morgan fingerprint density at radius 3 is 2.72 bits per heavy atom. The fourth-order valence-corrected chi connectivity index (χ4v) is 4.05. The van der Waals surface area contributed by atoms with E-state index in [4.69, 9.17) is 0 Å². The van der Waals surface area contributed by atoms with Crippen molar-refractivity contribution in [1.82, 2.24) is 9.88 Å². The van der Waals surface area contributed by atoms with Crippen LogP contribution in [0.5, 0.6) is 0 Å². The van der Waals surface area contributed by atoms with E-state index in [9.17, 15) is 9.59 Å². The van der Waals surface area contributed by atoms with Crippen LogP contribution in [0.3, 0.4) is 0 Å². The number of carbonyl (C=O) groups is 2. The lowest BCUT2D eigenvalue weighted by Crippen LogP contribution is -2.43. The number of anilines is 1. The number of hydrogen-bond acceptors (Lipinski definition) is 4. The molecule has 2 amide bonds. The van der Waals surface area contributed by atoms with Gasteiger partial charge in [0.05, 0.1) is 11.6 Å². The summed E-state index contributed by atoms with van der Waals surface area (Å²) in [6.45, 7) is 1.18. The average Bonchev–Trinajstić information content (AvgIpc) is 3.41.